The van der Waals surface area contributed by atoms with Crippen LogP contribution in [0.5, 0.6) is 0 Å². The molecule has 0 saturated heterocycles. The number of rotatable bonds is 2. The van der Waals surface area contributed by atoms with Crippen molar-refractivity contribution in [3.8, 4) is 0 Å². The van der Waals surface area contributed by atoms with E-state index in [9.17, 15) is 9.18 Å². The summed E-state index contributed by atoms with van der Waals surface area (Å²) in [5.74, 6) is -1.87. The highest BCUT2D eigenvalue weighted by Gasteiger charge is 2.11. The second kappa shape index (κ2) is 3.62. The largest absolute Gasteiger partial charge is 0.481 e. The number of carboxylic acid groups (broad SMARTS) is 1. The second-order valence-corrected chi connectivity index (χ2v) is 2.91. The molecule has 0 aliphatic carbocycles. The molecule has 1 aromatic rings. The Morgan fingerprint density at radius 1 is 1.62 bits per heavy atom. The molecule has 0 unspecified atom stereocenters. The quantitative estimate of drug-likeness (QED) is 0.719. The van der Waals surface area contributed by atoms with Crippen LogP contribution in [0, 0.1) is 5.82 Å². The minimum Gasteiger partial charge on any atom is -0.481 e. The van der Waals surface area contributed by atoms with Crippen molar-refractivity contribution in [1.29, 1.82) is 0 Å². The predicted molar refractivity (Wildman–Crippen MR) is 47.2 cm³/mol. The molecule has 3 nitrogen and oxygen atoms in total. The summed E-state index contributed by atoms with van der Waals surface area (Å²) in [6.07, 6.45) is -0.396. The summed E-state index contributed by atoms with van der Waals surface area (Å²) in [6, 6.07) is 2.68. The van der Waals surface area contributed by atoms with Gasteiger partial charge in [-0.25, -0.2) is 4.39 Å². The molecule has 13 heavy (non-hydrogen) atoms. The number of anilines is 1. The highest BCUT2D eigenvalue weighted by Crippen LogP contribution is 2.24. The van der Waals surface area contributed by atoms with E-state index in [1.54, 1.807) is 0 Å². The van der Waals surface area contributed by atoms with Crippen molar-refractivity contribution in [2.45, 2.75) is 6.42 Å². The van der Waals surface area contributed by atoms with Gasteiger partial charge in [0.15, 0.2) is 5.82 Å². The molecule has 0 aromatic heterocycles. The van der Waals surface area contributed by atoms with Crippen LogP contribution in [0.2, 0.25) is 5.02 Å². The Bertz CT molecular complexity index is 354. The van der Waals surface area contributed by atoms with Crippen LogP contribution in [0.15, 0.2) is 12.1 Å². The van der Waals surface area contributed by atoms with E-state index in [2.05, 4.69) is 0 Å². The van der Waals surface area contributed by atoms with Gasteiger partial charge in [0.25, 0.3) is 0 Å². The molecule has 0 aliphatic heterocycles. The van der Waals surface area contributed by atoms with Crippen molar-refractivity contribution < 1.29 is 14.3 Å². The van der Waals surface area contributed by atoms with Gasteiger partial charge in [-0.3, -0.25) is 4.79 Å². The zero-order chi connectivity index (χ0) is 10.0. The summed E-state index contributed by atoms with van der Waals surface area (Å²) < 4.78 is 13.2. The molecule has 0 atom stereocenters. The number of carbonyl (C=O) groups is 1. The lowest BCUT2D eigenvalue weighted by atomic mass is 10.1. The van der Waals surface area contributed by atoms with Gasteiger partial charge in [-0.1, -0.05) is 17.7 Å². The number of halogens is 2. The molecule has 0 fully saturated rings. The molecule has 0 bridgehead atoms. The Labute approximate surface area is 78.9 Å². The van der Waals surface area contributed by atoms with Crippen molar-refractivity contribution >= 4 is 23.3 Å². The molecule has 1 aromatic carbocycles. The first-order valence-electron chi connectivity index (χ1n) is 3.46. The maximum Gasteiger partial charge on any atom is 0.307 e. The Balaban J connectivity index is 3.10. The number of hydrogen-bond acceptors (Lipinski definition) is 2. The zero-order valence-corrected chi connectivity index (χ0v) is 7.31. The number of benzene rings is 1. The van der Waals surface area contributed by atoms with Crippen molar-refractivity contribution in [3.05, 3.63) is 28.5 Å². The first-order chi connectivity index (χ1) is 6.02. The van der Waals surface area contributed by atoms with Crippen molar-refractivity contribution in [2.24, 2.45) is 0 Å². The fraction of sp³-hybridized carbons (Fsp3) is 0.125. The van der Waals surface area contributed by atoms with E-state index in [-0.39, 0.29) is 16.3 Å². The van der Waals surface area contributed by atoms with Gasteiger partial charge in [0.1, 0.15) is 0 Å². The molecular weight excluding hydrogens is 197 g/mol. The lowest BCUT2D eigenvalue weighted by Gasteiger charge is -2.04. The van der Waals surface area contributed by atoms with Gasteiger partial charge in [-0.15, -0.1) is 0 Å². The molecule has 5 heteroatoms. The number of hydrogen-bond donors (Lipinski definition) is 2. The van der Waals surface area contributed by atoms with Crippen molar-refractivity contribution in [3.63, 3.8) is 0 Å². The number of nitrogen functional groups attached to an aromatic ring is 1. The maximum atomic E-state index is 13.2. The number of aliphatic carboxylic acids is 1. The Morgan fingerprint density at radius 3 is 2.77 bits per heavy atom. The normalized spacial score (nSPS) is 10.0. The average Bonchev–Trinajstić information content (AvgIpc) is 2.06. The van der Waals surface area contributed by atoms with Crippen LogP contribution in [0.25, 0.3) is 0 Å². The van der Waals surface area contributed by atoms with Gasteiger partial charge in [-0.2, -0.15) is 0 Å². The lowest BCUT2D eigenvalue weighted by Crippen LogP contribution is -2.04. The van der Waals surface area contributed by atoms with E-state index in [1.807, 2.05) is 0 Å². The summed E-state index contributed by atoms with van der Waals surface area (Å²) in [7, 11) is 0. The maximum absolute atomic E-state index is 13.2. The van der Waals surface area contributed by atoms with Crippen LogP contribution >= 0.6 is 11.6 Å². The fourth-order valence-electron chi connectivity index (χ4n) is 0.914. The van der Waals surface area contributed by atoms with Gasteiger partial charge >= 0.3 is 5.97 Å². The second-order valence-electron chi connectivity index (χ2n) is 2.50. The van der Waals surface area contributed by atoms with E-state index in [0.717, 1.165) is 0 Å². The fourth-order valence-corrected chi connectivity index (χ4v) is 1.06. The molecule has 0 amide bonds. The molecular formula is C8H7ClFNO2. The molecule has 3 N–H and O–H groups in total. The highest BCUT2D eigenvalue weighted by atomic mass is 35.5. The molecule has 0 aliphatic rings. The summed E-state index contributed by atoms with van der Waals surface area (Å²) in [5.41, 5.74) is 5.09. The monoisotopic (exact) mass is 203 g/mol. The van der Waals surface area contributed by atoms with E-state index in [4.69, 9.17) is 22.4 Å². The summed E-state index contributed by atoms with van der Waals surface area (Å²) in [5, 5.41) is 8.50. The molecule has 0 radical (unpaired) electrons. The van der Waals surface area contributed by atoms with E-state index < -0.39 is 18.2 Å². The smallest absolute Gasteiger partial charge is 0.307 e. The van der Waals surface area contributed by atoms with E-state index in [0.29, 0.717) is 0 Å². The topological polar surface area (TPSA) is 63.3 Å². The van der Waals surface area contributed by atoms with Crippen molar-refractivity contribution in [2.75, 3.05) is 5.73 Å². The van der Waals surface area contributed by atoms with Crippen LogP contribution in [-0.2, 0) is 11.2 Å². The third-order valence-corrected chi connectivity index (χ3v) is 1.88. The van der Waals surface area contributed by atoms with Gasteiger partial charge in [-0.05, 0) is 6.07 Å². The van der Waals surface area contributed by atoms with E-state index in [1.165, 1.54) is 12.1 Å². The Kier molecular flexibility index (Phi) is 2.72. The van der Waals surface area contributed by atoms with E-state index >= 15 is 0 Å². The predicted octanol–water partition coefficient (Wildman–Crippen LogP) is 1.69. The summed E-state index contributed by atoms with van der Waals surface area (Å²) in [4.78, 5) is 10.3. The van der Waals surface area contributed by atoms with Gasteiger partial charge < -0.3 is 10.8 Å². The van der Waals surface area contributed by atoms with Crippen LogP contribution < -0.4 is 5.73 Å². The Morgan fingerprint density at radius 2 is 2.23 bits per heavy atom. The average molecular weight is 204 g/mol. The molecule has 0 spiro atoms. The van der Waals surface area contributed by atoms with Gasteiger partial charge in [0.05, 0.1) is 17.1 Å². The molecule has 0 heterocycles. The molecule has 0 saturated carbocycles. The standard InChI is InChI=1S/C8H7ClFNO2/c9-5-2-1-4(3-6(12)13)7(10)8(5)11/h1-2H,3,11H2,(H,12,13). The van der Waals surface area contributed by atoms with Gasteiger partial charge in [0, 0.05) is 5.56 Å². The summed E-state index contributed by atoms with van der Waals surface area (Å²) in [6.45, 7) is 0. The highest BCUT2D eigenvalue weighted by molar-refractivity contribution is 6.33. The summed E-state index contributed by atoms with van der Waals surface area (Å²) >= 11 is 5.51. The third-order valence-electron chi connectivity index (χ3n) is 1.55. The Hall–Kier alpha value is -1.29. The SMILES string of the molecule is Nc1c(Cl)ccc(CC(=O)O)c1F. The van der Waals surface area contributed by atoms with Crippen LogP contribution in [-0.4, -0.2) is 11.1 Å². The van der Waals surface area contributed by atoms with Gasteiger partial charge in [0.2, 0.25) is 0 Å². The zero-order valence-electron chi connectivity index (χ0n) is 6.55. The minimum atomic E-state index is -1.11. The van der Waals surface area contributed by atoms with Crippen molar-refractivity contribution in [1.82, 2.24) is 0 Å². The third kappa shape index (κ3) is 2.09. The first-order valence-corrected chi connectivity index (χ1v) is 3.84. The van der Waals surface area contributed by atoms with Crippen LogP contribution in [0.4, 0.5) is 10.1 Å². The first kappa shape index (κ1) is 9.80. The minimum absolute atomic E-state index is 0.0365. The van der Waals surface area contributed by atoms with Crippen LogP contribution in [0.1, 0.15) is 5.56 Å². The molecule has 70 valence electrons. The van der Waals surface area contributed by atoms with Crippen LogP contribution in [0.3, 0.4) is 0 Å². The number of carboxylic acids is 1. The molecule has 1 rings (SSSR count). The number of nitrogens with two attached hydrogens (primary N) is 1. The lowest BCUT2D eigenvalue weighted by molar-refractivity contribution is -0.136.